The summed E-state index contributed by atoms with van der Waals surface area (Å²) in [6.45, 7) is 19.8. The van der Waals surface area contributed by atoms with Gasteiger partial charge >= 0.3 is 0 Å². The number of aromatic nitrogens is 3. The maximum absolute atomic E-state index is 12.7. The third-order valence-corrected chi connectivity index (χ3v) is 13.1. The molecule has 10 aromatic rings. The van der Waals surface area contributed by atoms with Gasteiger partial charge in [-0.2, -0.15) is 0 Å². The Bertz CT molecular complexity index is 3460. The number of aromatic hydroxyl groups is 1. The summed E-state index contributed by atoms with van der Waals surface area (Å²) in [7, 11) is 0. The van der Waals surface area contributed by atoms with Crippen molar-refractivity contribution in [1.82, 2.24) is 14.5 Å². The van der Waals surface area contributed by atoms with Crippen molar-refractivity contribution in [2.75, 3.05) is 0 Å². The van der Waals surface area contributed by atoms with Crippen molar-refractivity contribution in [2.45, 2.75) is 73.1 Å². The molecule has 320 valence electrons. The Kier molecular flexibility index (Phi) is 10.1. The van der Waals surface area contributed by atoms with Crippen LogP contribution in [0.5, 0.6) is 5.75 Å². The Labute approximate surface area is 382 Å². The summed E-state index contributed by atoms with van der Waals surface area (Å²) in [4.78, 5) is 10.8. The van der Waals surface area contributed by atoms with E-state index in [1.54, 1.807) is 0 Å². The number of phenolic OH excluding ortho intramolecular Hbond substituents is 1. The Hall–Kier alpha value is -7.30. The van der Waals surface area contributed by atoms with Gasteiger partial charge < -0.3 is 5.11 Å². The van der Waals surface area contributed by atoms with Gasteiger partial charge in [-0.15, -0.1) is 0 Å². The molecule has 2 aromatic heterocycles. The topological polar surface area (TPSA) is 50.9 Å². The van der Waals surface area contributed by atoms with Gasteiger partial charge in [-0.25, -0.2) is 4.98 Å². The van der Waals surface area contributed by atoms with Crippen molar-refractivity contribution < 1.29 is 5.11 Å². The lowest BCUT2D eigenvalue weighted by Gasteiger charge is -2.28. The monoisotopic (exact) mass is 845 g/mol. The third-order valence-electron chi connectivity index (χ3n) is 13.1. The van der Waals surface area contributed by atoms with E-state index in [1.807, 2.05) is 6.20 Å². The van der Waals surface area contributed by atoms with Crippen molar-refractivity contribution in [3.63, 3.8) is 0 Å². The van der Waals surface area contributed by atoms with Gasteiger partial charge in [0, 0.05) is 39.2 Å². The predicted molar refractivity (Wildman–Crippen MR) is 274 cm³/mol. The van der Waals surface area contributed by atoms with E-state index in [0.29, 0.717) is 11.4 Å². The molecular formula is C61H55N3O. The minimum absolute atomic E-state index is 0.197. The van der Waals surface area contributed by atoms with Gasteiger partial charge in [0.2, 0.25) is 0 Å². The SMILES string of the molecule is Cc1cc(C)c(-c2cc(-c3nccc4ccccc34)cc(-c3cccc4c3nc(-c3cc(C(C)(C)C)cc(C(C)(C)C)c3O)n4-c3c(-c4ccccc4)ccc4ccccc34)c2)c(C)c1. The maximum atomic E-state index is 12.7. The van der Waals surface area contributed by atoms with Crippen LogP contribution in [0, 0.1) is 20.8 Å². The van der Waals surface area contributed by atoms with E-state index in [0.717, 1.165) is 88.5 Å². The molecule has 8 aromatic carbocycles. The third kappa shape index (κ3) is 7.37. The van der Waals surface area contributed by atoms with E-state index in [9.17, 15) is 5.11 Å². The van der Waals surface area contributed by atoms with E-state index < -0.39 is 0 Å². The molecule has 4 nitrogen and oxygen atoms in total. The van der Waals surface area contributed by atoms with Crippen LogP contribution in [0.3, 0.4) is 0 Å². The maximum Gasteiger partial charge on any atom is 0.149 e. The van der Waals surface area contributed by atoms with Crippen LogP contribution in [-0.2, 0) is 10.8 Å². The average molecular weight is 846 g/mol. The highest BCUT2D eigenvalue weighted by molar-refractivity contribution is 6.04. The molecule has 10 rings (SSSR count). The zero-order valence-electron chi connectivity index (χ0n) is 38.9. The lowest BCUT2D eigenvalue weighted by atomic mass is 9.79. The molecule has 0 unspecified atom stereocenters. The second kappa shape index (κ2) is 15.7. The molecule has 0 aliphatic rings. The Morgan fingerprint density at radius 2 is 1.15 bits per heavy atom. The first-order valence-electron chi connectivity index (χ1n) is 22.7. The van der Waals surface area contributed by atoms with Crippen LogP contribution < -0.4 is 0 Å². The lowest BCUT2D eigenvalue weighted by Crippen LogP contribution is -2.17. The summed E-state index contributed by atoms with van der Waals surface area (Å²) in [5.41, 5.74) is 17.3. The first-order chi connectivity index (χ1) is 31.2. The number of imidazole rings is 1. The van der Waals surface area contributed by atoms with Gasteiger partial charge in [-0.3, -0.25) is 9.55 Å². The number of hydrogen-bond acceptors (Lipinski definition) is 3. The van der Waals surface area contributed by atoms with Crippen LogP contribution in [0.15, 0.2) is 164 Å². The molecule has 65 heavy (non-hydrogen) atoms. The van der Waals surface area contributed by atoms with Crippen LogP contribution in [-0.4, -0.2) is 19.6 Å². The Morgan fingerprint density at radius 1 is 0.508 bits per heavy atom. The largest absolute Gasteiger partial charge is 0.507 e. The van der Waals surface area contributed by atoms with Gasteiger partial charge in [0.25, 0.3) is 0 Å². The molecular weight excluding hydrogens is 791 g/mol. The fourth-order valence-corrected chi connectivity index (χ4v) is 9.94. The van der Waals surface area contributed by atoms with E-state index >= 15 is 0 Å². The number of phenols is 1. The van der Waals surface area contributed by atoms with Gasteiger partial charge in [-0.1, -0.05) is 168 Å². The molecule has 0 fully saturated rings. The average Bonchev–Trinajstić information content (AvgIpc) is 3.66. The summed E-state index contributed by atoms with van der Waals surface area (Å²) in [6.07, 6.45) is 1.92. The molecule has 4 heteroatoms. The van der Waals surface area contributed by atoms with E-state index in [2.05, 4.69) is 225 Å². The van der Waals surface area contributed by atoms with Crippen LogP contribution in [0.1, 0.15) is 69.4 Å². The van der Waals surface area contributed by atoms with E-state index in [4.69, 9.17) is 9.97 Å². The molecule has 0 bridgehead atoms. The quantitative estimate of drug-likeness (QED) is 0.181. The zero-order chi connectivity index (χ0) is 45.4. The molecule has 0 saturated heterocycles. The van der Waals surface area contributed by atoms with Crippen molar-refractivity contribution >= 4 is 32.6 Å². The Balaban J connectivity index is 1.35. The molecule has 0 radical (unpaired) electrons. The van der Waals surface area contributed by atoms with Crippen molar-refractivity contribution in [2.24, 2.45) is 0 Å². The number of benzene rings is 8. The van der Waals surface area contributed by atoms with Gasteiger partial charge in [0.15, 0.2) is 0 Å². The molecule has 2 heterocycles. The summed E-state index contributed by atoms with van der Waals surface area (Å²) >= 11 is 0. The minimum atomic E-state index is -0.338. The number of hydrogen-bond donors (Lipinski definition) is 1. The van der Waals surface area contributed by atoms with Crippen LogP contribution in [0.25, 0.3) is 94.3 Å². The van der Waals surface area contributed by atoms with Crippen LogP contribution >= 0.6 is 0 Å². The van der Waals surface area contributed by atoms with E-state index in [1.165, 1.54) is 22.3 Å². The first kappa shape index (κ1) is 41.7. The number of nitrogens with zero attached hydrogens (tertiary/aromatic N) is 3. The van der Waals surface area contributed by atoms with Gasteiger partial charge in [0.05, 0.1) is 28.0 Å². The van der Waals surface area contributed by atoms with Crippen molar-refractivity contribution in [1.29, 1.82) is 0 Å². The first-order valence-corrected chi connectivity index (χ1v) is 22.7. The number of rotatable bonds is 6. The second-order valence-corrected chi connectivity index (χ2v) is 19.9. The highest BCUT2D eigenvalue weighted by Gasteiger charge is 2.30. The number of aryl methyl sites for hydroxylation is 3. The lowest BCUT2D eigenvalue weighted by molar-refractivity contribution is 0.446. The highest BCUT2D eigenvalue weighted by Crippen LogP contribution is 2.47. The van der Waals surface area contributed by atoms with Crippen molar-refractivity contribution in [3.8, 4) is 67.5 Å². The van der Waals surface area contributed by atoms with Crippen LogP contribution in [0.4, 0.5) is 0 Å². The van der Waals surface area contributed by atoms with Gasteiger partial charge in [-0.05, 0) is 118 Å². The molecule has 1 N–H and O–H groups in total. The number of pyridine rings is 1. The molecule has 0 amide bonds. The molecule has 0 spiro atoms. The standard InChI is InChI=1S/C61H55N3O/c1-37-30-38(2)54(39(3)31-37)44-32-43(33-45(34-44)55-47-22-15-13-21-42(47)28-29-62-55)48-24-17-25-53-56(48)63-59(51-35-46(60(4,5)6)36-52(58(51)65)61(7,8)9)64(53)57-49-23-16-14-20-41(49)26-27-50(57)40-18-11-10-12-19-40/h10-36,65H,1-9H3. The fraction of sp³-hybridized carbons (Fsp3) is 0.180. The second-order valence-electron chi connectivity index (χ2n) is 19.9. The summed E-state index contributed by atoms with van der Waals surface area (Å²) in [6, 6.07) is 56.6. The molecule has 0 aliphatic carbocycles. The predicted octanol–water partition coefficient (Wildman–Crippen LogP) is 16.3. The zero-order valence-corrected chi connectivity index (χ0v) is 38.9. The summed E-state index contributed by atoms with van der Waals surface area (Å²) in [5, 5.41) is 17.1. The fourth-order valence-electron chi connectivity index (χ4n) is 9.94. The molecule has 0 saturated carbocycles. The normalized spacial score (nSPS) is 12.1. The summed E-state index contributed by atoms with van der Waals surface area (Å²) in [5.74, 6) is 0.939. The van der Waals surface area contributed by atoms with Crippen molar-refractivity contribution in [3.05, 3.63) is 192 Å². The highest BCUT2D eigenvalue weighted by atomic mass is 16.3. The Morgan fingerprint density at radius 3 is 1.86 bits per heavy atom. The number of fused-ring (bicyclic) bond motifs is 3. The molecule has 0 atom stereocenters. The molecule has 0 aliphatic heterocycles. The summed E-state index contributed by atoms with van der Waals surface area (Å²) < 4.78 is 2.32. The van der Waals surface area contributed by atoms with Gasteiger partial charge in [0.1, 0.15) is 11.6 Å². The van der Waals surface area contributed by atoms with E-state index in [-0.39, 0.29) is 16.6 Å². The van der Waals surface area contributed by atoms with Crippen LogP contribution in [0.2, 0.25) is 0 Å². The number of para-hydroxylation sites is 1. The smallest absolute Gasteiger partial charge is 0.149 e. The minimum Gasteiger partial charge on any atom is -0.507 e.